The summed E-state index contributed by atoms with van der Waals surface area (Å²) in [7, 11) is 0. The summed E-state index contributed by atoms with van der Waals surface area (Å²) in [6.45, 7) is 0. The van der Waals surface area contributed by atoms with Crippen molar-refractivity contribution in [2.75, 3.05) is 0 Å². The van der Waals surface area contributed by atoms with Gasteiger partial charge in [-0.05, 0) is 17.7 Å². The van der Waals surface area contributed by atoms with Gasteiger partial charge in [0.1, 0.15) is 5.82 Å². The van der Waals surface area contributed by atoms with E-state index < -0.39 is 0 Å². The molecule has 0 fully saturated rings. The quantitative estimate of drug-likeness (QED) is 0.685. The van der Waals surface area contributed by atoms with Crippen LogP contribution in [0, 0.1) is 11.9 Å². The normalized spacial score (nSPS) is 9.90. The van der Waals surface area contributed by atoms with E-state index in [1.807, 2.05) is 0 Å². The second kappa shape index (κ2) is 3.49. The van der Waals surface area contributed by atoms with E-state index in [0.29, 0.717) is 10.9 Å². The minimum atomic E-state index is -0.222. The SMILES string of the molecule is Fc1c[c]c(Br)cc1CBr. The average Bonchev–Trinajstić information content (AvgIpc) is 1.94. The molecule has 1 radical (unpaired) electrons. The van der Waals surface area contributed by atoms with Gasteiger partial charge in [-0.25, -0.2) is 4.39 Å². The summed E-state index contributed by atoms with van der Waals surface area (Å²) < 4.78 is 13.5. The highest BCUT2D eigenvalue weighted by Gasteiger charge is 1.99. The largest absolute Gasteiger partial charge is 0.207 e. The highest BCUT2D eigenvalue weighted by atomic mass is 79.9. The minimum absolute atomic E-state index is 0.222. The van der Waals surface area contributed by atoms with E-state index >= 15 is 0 Å². The fourth-order valence-electron chi connectivity index (χ4n) is 0.591. The van der Waals surface area contributed by atoms with Crippen molar-refractivity contribution < 1.29 is 4.39 Å². The van der Waals surface area contributed by atoms with Gasteiger partial charge in [0.15, 0.2) is 0 Å². The Labute approximate surface area is 75.7 Å². The van der Waals surface area contributed by atoms with Gasteiger partial charge in [0.05, 0.1) is 0 Å². The van der Waals surface area contributed by atoms with E-state index in [4.69, 9.17) is 0 Å². The molecule has 0 heterocycles. The van der Waals surface area contributed by atoms with E-state index in [-0.39, 0.29) is 5.82 Å². The van der Waals surface area contributed by atoms with Crippen LogP contribution in [0.4, 0.5) is 4.39 Å². The molecule has 0 aliphatic rings. The lowest BCUT2D eigenvalue weighted by molar-refractivity contribution is 0.617. The van der Waals surface area contributed by atoms with Crippen LogP contribution in [0.3, 0.4) is 0 Å². The Hall–Kier alpha value is 0.110. The summed E-state index contributed by atoms with van der Waals surface area (Å²) in [5, 5.41) is 0.534. The van der Waals surface area contributed by atoms with Gasteiger partial charge in [0.2, 0.25) is 0 Å². The van der Waals surface area contributed by atoms with Crippen LogP contribution >= 0.6 is 31.9 Å². The third-order valence-electron chi connectivity index (χ3n) is 1.09. The third kappa shape index (κ3) is 1.80. The number of rotatable bonds is 1. The highest BCUT2D eigenvalue weighted by Crippen LogP contribution is 2.16. The zero-order chi connectivity index (χ0) is 7.56. The highest BCUT2D eigenvalue weighted by molar-refractivity contribution is 9.10. The Morgan fingerprint density at radius 3 is 2.80 bits per heavy atom. The first-order valence-corrected chi connectivity index (χ1v) is 4.57. The summed E-state index contributed by atoms with van der Waals surface area (Å²) in [5.74, 6) is -0.222. The molecule has 0 N–H and O–H groups in total. The molecule has 1 rings (SSSR count). The number of hydrogen-bond acceptors (Lipinski definition) is 0. The Bertz CT molecular complexity index is 235. The maximum absolute atomic E-state index is 12.7. The van der Waals surface area contributed by atoms with Gasteiger partial charge in [0, 0.05) is 15.9 Å². The first-order valence-electron chi connectivity index (χ1n) is 2.65. The fourth-order valence-corrected chi connectivity index (χ4v) is 1.41. The first-order chi connectivity index (χ1) is 4.74. The molecular formula is C7H4Br2F. The van der Waals surface area contributed by atoms with Gasteiger partial charge in [-0.15, -0.1) is 0 Å². The molecule has 10 heavy (non-hydrogen) atoms. The van der Waals surface area contributed by atoms with Gasteiger partial charge < -0.3 is 0 Å². The molecular weight excluding hydrogens is 263 g/mol. The number of benzene rings is 1. The molecule has 0 amide bonds. The summed E-state index contributed by atoms with van der Waals surface area (Å²) in [6.07, 6.45) is 0. The molecule has 0 nitrogen and oxygen atoms in total. The molecule has 0 saturated carbocycles. The summed E-state index contributed by atoms with van der Waals surface area (Å²) in [5.41, 5.74) is 0.644. The van der Waals surface area contributed by atoms with E-state index in [1.54, 1.807) is 6.07 Å². The molecule has 53 valence electrons. The Kier molecular flexibility index (Phi) is 2.86. The van der Waals surface area contributed by atoms with Gasteiger partial charge in [-0.2, -0.15) is 0 Å². The molecule has 0 saturated heterocycles. The maximum atomic E-state index is 12.7. The van der Waals surface area contributed by atoms with Crippen molar-refractivity contribution in [2.45, 2.75) is 5.33 Å². The van der Waals surface area contributed by atoms with Crippen molar-refractivity contribution in [1.82, 2.24) is 0 Å². The summed E-state index contributed by atoms with van der Waals surface area (Å²) >= 11 is 6.36. The Morgan fingerprint density at radius 1 is 1.60 bits per heavy atom. The molecule has 0 unspecified atom stereocenters. The third-order valence-corrected chi connectivity index (χ3v) is 2.15. The van der Waals surface area contributed by atoms with Crippen LogP contribution < -0.4 is 0 Å². The van der Waals surface area contributed by atoms with E-state index in [0.717, 1.165) is 4.47 Å². The molecule has 1 aromatic rings. The fraction of sp³-hybridized carbons (Fsp3) is 0.143. The second-order valence-electron chi connectivity index (χ2n) is 1.79. The molecule has 0 aliphatic heterocycles. The van der Waals surface area contributed by atoms with Gasteiger partial charge >= 0.3 is 0 Å². The zero-order valence-electron chi connectivity index (χ0n) is 5.00. The zero-order valence-corrected chi connectivity index (χ0v) is 8.17. The lowest BCUT2D eigenvalue weighted by Crippen LogP contribution is -1.84. The van der Waals surface area contributed by atoms with Crippen molar-refractivity contribution in [3.8, 4) is 0 Å². The predicted molar refractivity (Wildman–Crippen MR) is 45.6 cm³/mol. The van der Waals surface area contributed by atoms with Crippen molar-refractivity contribution in [3.63, 3.8) is 0 Å². The smallest absolute Gasteiger partial charge is 0.127 e. The molecule has 0 bridgehead atoms. The van der Waals surface area contributed by atoms with Crippen molar-refractivity contribution >= 4 is 31.9 Å². The standard InChI is InChI=1S/C7H4Br2F/c8-4-5-3-6(9)1-2-7(5)10/h2-3H,4H2. The van der Waals surface area contributed by atoms with Crippen LogP contribution in [0.5, 0.6) is 0 Å². The Morgan fingerprint density at radius 2 is 2.30 bits per heavy atom. The topological polar surface area (TPSA) is 0 Å². The van der Waals surface area contributed by atoms with E-state index in [1.165, 1.54) is 6.07 Å². The molecule has 0 aromatic heterocycles. The van der Waals surface area contributed by atoms with Crippen LogP contribution in [-0.2, 0) is 5.33 Å². The van der Waals surface area contributed by atoms with Crippen LogP contribution in [0.25, 0.3) is 0 Å². The van der Waals surface area contributed by atoms with Gasteiger partial charge in [0.25, 0.3) is 0 Å². The van der Waals surface area contributed by atoms with E-state index in [2.05, 4.69) is 37.9 Å². The summed E-state index contributed by atoms with van der Waals surface area (Å²) in [4.78, 5) is 0. The van der Waals surface area contributed by atoms with Crippen LogP contribution in [-0.4, -0.2) is 0 Å². The predicted octanol–water partition coefficient (Wildman–Crippen LogP) is 3.28. The second-order valence-corrected chi connectivity index (χ2v) is 3.20. The molecule has 0 atom stereocenters. The maximum Gasteiger partial charge on any atom is 0.127 e. The van der Waals surface area contributed by atoms with E-state index in [9.17, 15) is 4.39 Å². The van der Waals surface area contributed by atoms with Gasteiger partial charge in [-0.1, -0.05) is 31.9 Å². The lowest BCUT2D eigenvalue weighted by atomic mass is 10.2. The number of hydrogen-bond donors (Lipinski definition) is 0. The van der Waals surface area contributed by atoms with Crippen LogP contribution in [0.2, 0.25) is 0 Å². The Balaban J connectivity index is 3.09. The van der Waals surface area contributed by atoms with Crippen molar-refractivity contribution in [2.24, 2.45) is 0 Å². The van der Waals surface area contributed by atoms with Crippen LogP contribution in [0.15, 0.2) is 16.6 Å². The van der Waals surface area contributed by atoms with Crippen molar-refractivity contribution in [1.29, 1.82) is 0 Å². The first kappa shape index (κ1) is 8.21. The average molecular weight is 267 g/mol. The number of halogens is 3. The lowest BCUT2D eigenvalue weighted by Gasteiger charge is -1.96. The minimum Gasteiger partial charge on any atom is -0.207 e. The monoisotopic (exact) mass is 265 g/mol. The van der Waals surface area contributed by atoms with Crippen LogP contribution in [0.1, 0.15) is 5.56 Å². The van der Waals surface area contributed by atoms with Gasteiger partial charge in [-0.3, -0.25) is 0 Å². The number of alkyl halides is 1. The molecule has 0 spiro atoms. The molecule has 0 aliphatic carbocycles. The van der Waals surface area contributed by atoms with Crippen molar-refractivity contribution in [3.05, 3.63) is 34.1 Å². The summed E-state index contributed by atoms with van der Waals surface area (Å²) in [6, 6.07) is 5.71. The molecule has 3 heteroatoms. The molecule has 1 aromatic carbocycles.